The van der Waals surface area contributed by atoms with Crippen LogP contribution in [0, 0.1) is 11.3 Å². The van der Waals surface area contributed by atoms with Crippen LogP contribution < -0.4 is 5.32 Å². The molecule has 2 atom stereocenters. The zero-order valence-electron chi connectivity index (χ0n) is 13.2. The van der Waals surface area contributed by atoms with E-state index in [1.165, 1.54) is 12.1 Å². The predicted octanol–water partition coefficient (Wildman–Crippen LogP) is 3.96. The second kappa shape index (κ2) is 7.16. The number of nitrogens with one attached hydrogen (secondary N) is 1. The summed E-state index contributed by atoms with van der Waals surface area (Å²) < 4.78 is 5.93. The van der Waals surface area contributed by atoms with Crippen molar-refractivity contribution in [1.29, 1.82) is 0 Å². The molecule has 1 saturated heterocycles. The second-order valence-electron chi connectivity index (χ2n) is 6.77. The topological polar surface area (TPSA) is 51.2 Å². The Morgan fingerprint density at radius 1 is 1.36 bits per heavy atom. The first kappa shape index (κ1) is 17.5. The Kier molecular flexibility index (Phi) is 5.70. The van der Waals surface area contributed by atoms with Gasteiger partial charge in [-0.2, -0.15) is 0 Å². The molecule has 1 aliphatic heterocycles. The summed E-state index contributed by atoms with van der Waals surface area (Å²) in [7, 11) is 0. The average Bonchev–Trinajstić information content (AvgIpc) is 2.43. The Morgan fingerprint density at radius 3 is 2.59 bits per heavy atom. The highest BCUT2D eigenvalue weighted by atomic mass is 35.5. The molecule has 0 aliphatic carbocycles. The number of carbonyl (C=O) groups excluding carboxylic acids is 1. The van der Waals surface area contributed by atoms with Gasteiger partial charge in [0, 0.05) is 24.6 Å². The van der Waals surface area contributed by atoms with Gasteiger partial charge >= 0.3 is 0 Å². The largest absolute Gasteiger partial charge is 0.377 e. The summed E-state index contributed by atoms with van der Waals surface area (Å²) in [6, 6.07) is 3.03. The fourth-order valence-electron chi connectivity index (χ4n) is 2.93. The van der Waals surface area contributed by atoms with Crippen molar-refractivity contribution in [2.75, 3.05) is 13.2 Å². The van der Waals surface area contributed by atoms with Crippen LogP contribution in [0.25, 0.3) is 0 Å². The molecule has 0 saturated carbocycles. The average molecular weight is 345 g/mol. The highest BCUT2D eigenvalue weighted by Gasteiger charge is 2.35. The molecule has 4 nitrogen and oxygen atoms in total. The fraction of sp³-hybridized carbons (Fsp3) is 0.625. The molecule has 2 rings (SSSR count). The highest BCUT2D eigenvalue weighted by Crippen LogP contribution is 2.33. The summed E-state index contributed by atoms with van der Waals surface area (Å²) in [6.45, 7) is 7.88. The van der Waals surface area contributed by atoms with Gasteiger partial charge in [-0.15, -0.1) is 0 Å². The third kappa shape index (κ3) is 4.58. The van der Waals surface area contributed by atoms with E-state index in [1.807, 2.05) is 0 Å². The van der Waals surface area contributed by atoms with Crippen LogP contribution in [-0.4, -0.2) is 30.1 Å². The van der Waals surface area contributed by atoms with Gasteiger partial charge in [0.2, 0.25) is 0 Å². The molecule has 122 valence electrons. The standard InChI is InChI=1S/C16H22Cl2N2O2/c1-16(2,3)14-10(5-4-6-22-14)9-19-15(21)11-7-12(17)20-13(18)8-11/h7-8,10,14H,4-6,9H2,1-3H3,(H,19,21). The van der Waals surface area contributed by atoms with Gasteiger partial charge in [0.05, 0.1) is 6.10 Å². The SMILES string of the molecule is CC(C)(C)C1OCCCC1CNC(=O)c1cc(Cl)nc(Cl)c1. The lowest BCUT2D eigenvalue weighted by Gasteiger charge is -2.40. The molecule has 1 aliphatic rings. The van der Waals surface area contributed by atoms with Crippen LogP contribution in [0.1, 0.15) is 44.0 Å². The van der Waals surface area contributed by atoms with Crippen LogP contribution in [0.4, 0.5) is 0 Å². The third-order valence-electron chi connectivity index (χ3n) is 3.85. The predicted molar refractivity (Wildman–Crippen MR) is 88.5 cm³/mol. The number of halogens is 2. The van der Waals surface area contributed by atoms with Crippen molar-refractivity contribution in [3.8, 4) is 0 Å². The third-order valence-corrected chi connectivity index (χ3v) is 4.24. The van der Waals surface area contributed by atoms with Gasteiger partial charge in [0.15, 0.2) is 0 Å². The van der Waals surface area contributed by atoms with E-state index >= 15 is 0 Å². The second-order valence-corrected chi connectivity index (χ2v) is 7.55. The monoisotopic (exact) mass is 344 g/mol. The van der Waals surface area contributed by atoms with Gasteiger partial charge in [-0.25, -0.2) is 4.98 Å². The van der Waals surface area contributed by atoms with Crippen molar-refractivity contribution >= 4 is 29.1 Å². The van der Waals surface area contributed by atoms with Crippen LogP contribution in [-0.2, 0) is 4.74 Å². The van der Waals surface area contributed by atoms with E-state index < -0.39 is 0 Å². The molecule has 2 unspecified atom stereocenters. The summed E-state index contributed by atoms with van der Waals surface area (Å²) in [6.07, 6.45) is 2.23. The van der Waals surface area contributed by atoms with Gasteiger partial charge < -0.3 is 10.1 Å². The molecule has 1 aromatic rings. The van der Waals surface area contributed by atoms with Gasteiger partial charge in [-0.05, 0) is 30.4 Å². The minimum atomic E-state index is -0.190. The number of amides is 1. The molecule has 1 aromatic heterocycles. The molecule has 22 heavy (non-hydrogen) atoms. The first-order chi connectivity index (χ1) is 10.3. The van der Waals surface area contributed by atoms with E-state index in [-0.39, 0.29) is 27.7 Å². The van der Waals surface area contributed by atoms with Crippen molar-refractivity contribution in [3.05, 3.63) is 28.0 Å². The molecule has 1 N–H and O–H groups in total. The molecular formula is C16H22Cl2N2O2. The van der Waals surface area contributed by atoms with E-state index in [4.69, 9.17) is 27.9 Å². The van der Waals surface area contributed by atoms with Crippen LogP contribution >= 0.6 is 23.2 Å². The Morgan fingerprint density at radius 2 is 2.00 bits per heavy atom. The summed E-state index contributed by atoms with van der Waals surface area (Å²) in [4.78, 5) is 16.1. The number of ether oxygens (including phenoxy) is 1. The molecule has 0 bridgehead atoms. The van der Waals surface area contributed by atoms with Crippen LogP contribution in [0.5, 0.6) is 0 Å². The number of rotatable bonds is 3. The van der Waals surface area contributed by atoms with E-state index in [9.17, 15) is 4.79 Å². The van der Waals surface area contributed by atoms with Crippen LogP contribution in [0.2, 0.25) is 10.3 Å². The van der Waals surface area contributed by atoms with Crippen molar-refractivity contribution in [2.24, 2.45) is 11.3 Å². The van der Waals surface area contributed by atoms with Crippen LogP contribution in [0.3, 0.4) is 0 Å². The van der Waals surface area contributed by atoms with Gasteiger partial charge in [0.25, 0.3) is 5.91 Å². The van der Waals surface area contributed by atoms with E-state index in [0.717, 1.165) is 19.4 Å². The Balaban J connectivity index is 2.00. The molecular weight excluding hydrogens is 323 g/mol. The lowest BCUT2D eigenvalue weighted by Crippen LogP contribution is -2.45. The Hall–Kier alpha value is -0.840. The molecule has 6 heteroatoms. The zero-order chi connectivity index (χ0) is 16.3. The number of carbonyl (C=O) groups is 1. The van der Waals surface area contributed by atoms with E-state index in [0.29, 0.717) is 18.0 Å². The van der Waals surface area contributed by atoms with E-state index in [2.05, 4.69) is 31.1 Å². The quantitative estimate of drug-likeness (QED) is 0.844. The normalized spacial score (nSPS) is 22.4. The smallest absolute Gasteiger partial charge is 0.251 e. The highest BCUT2D eigenvalue weighted by molar-refractivity contribution is 6.33. The number of pyridine rings is 1. The molecule has 0 spiro atoms. The molecule has 2 heterocycles. The number of hydrogen-bond donors (Lipinski definition) is 1. The summed E-state index contributed by atoms with van der Waals surface area (Å²) in [5.41, 5.74) is 0.480. The van der Waals surface area contributed by atoms with E-state index in [1.54, 1.807) is 0 Å². The molecule has 0 aromatic carbocycles. The first-order valence-corrected chi connectivity index (χ1v) is 8.26. The summed E-state index contributed by atoms with van der Waals surface area (Å²) >= 11 is 11.7. The number of aromatic nitrogens is 1. The lowest BCUT2D eigenvalue weighted by molar-refractivity contribution is -0.0839. The van der Waals surface area contributed by atoms with Crippen molar-refractivity contribution in [2.45, 2.75) is 39.7 Å². The van der Waals surface area contributed by atoms with Crippen molar-refractivity contribution < 1.29 is 9.53 Å². The summed E-state index contributed by atoms with van der Waals surface area (Å²) in [5, 5.41) is 3.39. The van der Waals surface area contributed by atoms with Crippen LogP contribution in [0.15, 0.2) is 12.1 Å². The lowest BCUT2D eigenvalue weighted by atomic mass is 9.78. The van der Waals surface area contributed by atoms with Crippen molar-refractivity contribution in [3.63, 3.8) is 0 Å². The maximum atomic E-state index is 12.3. The molecule has 0 radical (unpaired) electrons. The Labute approximate surface area is 141 Å². The molecule has 1 fully saturated rings. The van der Waals surface area contributed by atoms with Crippen molar-refractivity contribution in [1.82, 2.24) is 10.3 Å². The minimum Gasteiger partial charge on any atom is -0.377 e. The minimum absolute atomic E-state index is 0.0547. The van der Waals surface area contributed by atoms with Gasteiger partial charge in [0.1, 0.15) is 10.3 Å². The van der Waals surface area contributed by atoms with Gasteiger partial charge in [-0.3, -0.25) is 4.79 Å². The zero-order valence-corrected chi connectivity index (χ0v) is 14.7. The Bertz CT molecular complexity index is 523. The maximum absolute atomic E-state index is 12.3. The number of nitrogens with zero attached hydrogens (tertiary/aromatic N) is 1. The first-order valence-electron chi connectivity index (χ1n) is 7.50. The maximum Gasteiger partial charge on any atom is 0.251 e. The molecule has 1 amide bonds. The van der Waals surface area contributed by atoms with Gasteiger partial charge in [-0.1, -0.05) is 44.0 Å². The fourth-order valence-corrected chi connectivity index (χ4v) is 3.39. The number of hydrogen-bond acceptors (Lipinski definition) is 3. The summed E-state index contributed by atoms with van der Waals surface area (Å²) in [5.74, 6) is 0.120.